The fourth-order valence-electron chi connectivity index (χ4n) is 1.43. The summed E-state index contributed by atoms with van der Waals surface area (Å²) in [7, 11) is 0. The summed E-state index contributed by atoms with van der Waals surface area (Å²) in [6, 6.07) is 8.13. The van der Waals surface area contributed by atoms with E-state index in [-0.39, 0.29) is 0 Å². The molecule has 4 nitrogen and oxygen atoms in total. The normalized spacial score (nSPS) is 10.2. The van der Waals surface area contributed by atoms with Gasteiger partial charge in [-0.05, 0) is 53.3 Å². The highest BCUT2D eigenvalue weighted by Gasteiger charge is 1.98. The third-order valence-corrected chi connectivity index (χ3v) is 2.82. The molecule has 0 radical (unpaired) electrons. The van der Waals surface area contributed by atoms with E-state index in [1.54, 1.807) is 12.4 Å². The van der Waals surface area contributed by atoms with Crippen molar-refractivity contribution in [1.29, 1.82) is 0 Å². The Labute approximate surface area is 114 Å². The fraction of sp³-hybridized carbons (Fsp3) is 0.167. The molecular formula is C12H13IN4. The second-order valence-electron chi connectivity index (χ2n) is 3.59. The van der Waals surface area contributed by atoms with Crippen molar-refractivity contribution in [3.05, 3.63) is 45.8 Å². The van der Waals surface area contributed by atoms with E-state index in [9.17, 15) is 0 Å². The van der Waals surface area contributed by atoms with E-state index in [1.807, 2.05) is 12.1 Å². The summed E-state index contributed by atoms with van der Waals surface area (Å²) < 4.78 is 1.02. The van der Waals surface area contributed by atoms with Gasteiger partial charge in [0, 0.05) is 21.7 Å². The maximum Gasteiger partial charge on any atom is 0.227 e. The summed E-state index contributed by atoms with van der Waals surface area (Å²) in [4.78, 5) is 8.37. The first-order valence-electron chi connectivity index (χ1n) is 5.31. The molecule has 3 N–H and O–H groups in total. The maximum absolute atomic E-state index is 5.50. The standard InChI is InChI=1S/C12H13IN4/c13-10-7-15-12(16-8-10)17-11-3-1-9(2-4-11)5-6-14/h1-4,7-8H,5-6,14H2,(H,15,16,17). The van der Waals surface area contributed by atoms with Crippen molar-refractivity contribution in [1.82, 2.24) is 9.97 Å². The van der Waals surface area contributed by atoms with Crippen LogP contribution in [0.3, 0.4) is 0 Å². The zero-order valence-corrected chi connectivity index (χ0v) is 11.4. The number of anilines is 2. The van der Waals surface area contributed by atoms with Gasteiger partial charge in [-0.3, -0.25) is 0 Å². The third-order valence-electron chi connectivity index (χ3n) is 2.26. The van der Waals surface area contributed by atoms with Gasteiger partial charge in [0.15, 0.2) is 0 Å². The first-order chi connectivity index (χ1) is 8.28. The average molecular weight is 340 g/mol. The highest BCUT2D eigenvalue weighted by Crippen LogP contribution is 2.14. The number of nitrogens with two attached hydrogens (primary N) is 1. The molecule has 1 aromatic heterocycles. The van der Waals surface area contributed by atoms with Crippen molar-refractivity contribution in [2.24, 2.45) is 5.73 Å². The highest BCUT2D eigenvalue weighted by molar-refractivity contribution is 14.1. The minimum absolute atomic E-state index is 0.608. The first kappa shape index (κ1) is 12.3. The summed E-state index contributed by atoms with van der Waals surface area (Å²) in [5.41, 5.74) is 7.72. The molecular weight excluding hydrogens is 327 g/mol. The van der Waals surface area contributed by atoms with Gasteiger partial charge in [-0.2, -0.15) is 0 Å². The quantitative estimate of drug-likeness (QED) is 0.839. The lowest BCUT2D eigenvalue weighted by Crippen LogP contribution is -2.02. The molecule has 2 rings (SSSR count). The van der Waals surface area contributed by atoms with Gasteiger partial charge in [0.1, 0.15) is 0 Å². The van der Waals surface area contributed by atoms with E-state index in [0.717, 1.165) is 15.7 Å². The van der Waals surface area contributed by atoms with Crippen LogP contribution < -0.4 is 11.1 Å². The Morgan fingerprint density at radius 3 is 2.35 bits per heavy atom. The smallest absolute Gasteiger partial charge is 0.227 e. The number of aromatic nitrogens is 2. The molecule has 0 bridgehead atoms. The van der Waals surface area contributed by atoms with Crippen LogP contribution in [-0.2, 0) is 6.42 Å². The van der Waals surface area contributed by atoms with Crippen molar-refractivity contribution in [2.45, 2.75) is 6.42 Å². The van der Waals surface area contributed by atoms with Crippen LogP contribution in [0.1, 0.15) is 5.56 Å². The van der Waals surface area contributed by atoms with Crippen molar-refractivity contribution in [3.63, 3.8) is 0 Å². The molecule has 0 aliphatic heterocycles. The van der Waals surface area contributed by atoms with Crippen LogP contribution in [0.5, 0.6) is 0 Å². The Bertz CT molecular complexity index is 467. The van der Waals surface area contributed by atoms with Crippen molar-refractivity contribution in [3.8, 4) is 0 Å². The Balaban J connectivity index is 2.05. The largest absolute Gasteiger partial charge is 0.330 e. The molecule has 5 heteroatoms. The van der Waals surface area contributed by atoms with Gasteiger partial charge in [-0.1, -0.05) is 12.1 Å². The molecule has 0 fully saturated rings. The second kappa shape index (κ2) is 5.92. The Morgan fingerprint density at radius 2 is 1.76 bits per heavy atom. The van der Waals surface area contributed by atoms with Crippen LogP contribution in [0.15, 0.2) is 36.7 Å². The molecule has 2 aromatic rings. The summed E-state index contributed by atoms with van der Waals surface area (Å²) in [5.74, 6) is 0.608. The van der Waals surface area contributed by atoms with Gasteiger partial charge in [-0.25, -0.2) is 9.97 Å². The van der Waals surface area contributed by atoms with Gasteiger partial charge in [-0.15, -0.1) is 0 Å². The summed E-state index contributed by atoms with van der Waals surface area (Å²) in [6.45, 7) is 0.674. The van der Waals surface area contributed by atoms with Gasteiger partial charge in [0.25, 0.3) is 0 Å². The number of halogens is 1. The molecule has 0 saturated heterocycles. The number of hydrogen-bond acceptors (Lipinski definition) is 4. The van der Waals surface area contributed by atoms with E-state index >= 15 is 0 Å². The summed E-state index contributed by atoms with van der Waals surface area (Å²) in [6.07, 6.45) is 4.46. The van der Waals surface area contributed by atoms with Crippen LogP contribution in [0, 0.1) is 3.57 Å². The number of rotatable bonds is 4. The number of hydrogen-bond donors (Lipinski definition) is 2. The van der Waals surface area contributed by atoms with Gasteiger partial charge in [0.2, 0.25) is 5.95 Å². The van der Waals surface area contributed by atoms with Crippen molar-refractivity contribution >= 4 is 34.2 Å². The lowest BCUT2D eigenvalue weighted by Gasteiger charge is -2.05. The first-order valence-corrected chi connectivity index (χ1v) is 6.39. The van der Waals surface area contributed by atoms with Crippen LogP contribution in [-0.4, -0.2) is 16.5 Å². The third kappa shape index (κ3) is 3.64. The van der Waals surface area contributed by atoms with Crippen LogP contribution in [0.4, 0.5) is 11.6 Å². The van der Waals surface area contributed by atoms with Gasteiger partial charge < -0.3 is 11.1 Å². The molecule has 1 heterocycles. The second-order valence-corrected chi connectivity index (χ2v) is 4.83. The lowest BCUT2D eigenvalue weighted by atomic mass is 10.1. The van der Waals surface area contributed by atoms with E-state index in [1.165, 1.54) is 5.56 Å². The van der Waals surface area contributed by atoms with Crippen molar-refractivity contribution in [2.75, 3.05) is 11.9 Å². The van der Waals surface area contributed by atoms with Crippen LogP contribution in [0.2, 0.25) is 0 Å². The number of benzene rings is 1. The molecule has 0 atom stereocenters. The summed E-state index contributed by atoms with van der Waals surface area (Å²) >= 11 is 2.18. The predicted octanol–water partition coefficient (Wildman–Crippen LogP) is 2.33. The van der Waals surface area contributed by atoms with Crippen molar-refractivity contribution < 1.29 is 0 Å². The molecule has 0 spiro atoms. The van der Waals surface area contributed by atoms with E-state index in [2.05, 4.69) is 50.0 Å². The molecule has 88 valence electrons. The van der Waals surface area contributed by atoms with Crippen LogP contribution in [0.25, 0.3) is 0 Å². The Morgan fingerprint density at radius 1 is 1.12 bits per heavy atom. The molecule has 17 heavy (non-hydrogen) atoms. The Hall–Kier alpha value is -1.21. The Kier molecular flexibility index (Phi) is 4.27. The number of nitrogens with zero attached hydrogens (tertiary/aromatic N) is 2. The molecule has 0 amide bonds. The van der Waals surface area contributed by atoms with E-state index in [4.69, 9.17) is 5.73 Å². The van der Waals surface area contributed by atoms with Gasteiger partial charge in [0.05, 0.1) is 0 Å². The average Bonchev–Trinajstić information content (AvgIpc) is 2.35. The zero-order valence-electron chi connectivity index (χ0n) is 9.23. The SMILES string of the molecule is NCCc1ccc(Nc2ncc(I)cn2)cc1. The number of nitrogens with one attached hydrogen (secondary N) is 1. The predicted molar refractivity (Wildman–Crippen MR) is 77.2 cm³/mol. The highest BCUT2D eigenvalue weighted by atomic mass is 127. The monoisotopic (exact) mass is 340 g/mol. The molecule has 0 unspecified atom stereocenters. The lowest BCUT2D eigenvalue weighted by molar-refractivity contribution is 0.969. The fourth-order valence-corrected chi connectivity index (χ4v) is 1.71. The summed E-state index contributed by atoms with van der Waals surface area (Å²) in [5, 5.41) is 3.14. The molecule has 0 saturated carbocycles. The minimum atomic E-state index is 0.608. The molecule has 0 aliphatic carbocycles. The topological polar surface area (TPSA) is 63.8 Å². The minimum Gasteiger partial charge on any atom is -0.330 e. The van der Waals surface area contributed by atoms with E-state index < -0.39 is 0 Å². The molecule has 0 aliphatic rings. The molecule has 1 aromatic carbocycles. The zero-order chi connectivity index (χ0) is 12.1. The van der Waals surface area contributed by atoms with Gasteiger partial charge >= 0.3 is 0 Å². The van der Waals surface area contributed by atoms with Crippen LogP contribution >= 0.6 is 22.6 Å². The van der Waals surface area contributed by atoms with E-state index in [0.29, 0.717) is 12.5 Å². The maximum atomic E-state index is 5.50.